The largest absolute Gasteiger partial charge is 0.508 e. The highest BCUT2D eigenvalue weighted by atomic mass is 35.5. The number of phenols is 1. The van der Waals surface area contributed by atoms with E-state index in [2.05, 4.69) is 14.9 Å². The lowest BCUT2D eigenvalue weighted by Crippen LogP contribution is -2.48. The van der Waals surface area contributed by atoms with E-state index in [9.17, 15) is 14.3 Å². The van der Waals surface area contributed by atoms with Crippen LogP contribution in [-0.2, 0) is 4.79 Å². The highest BCUT2D eigenvalue weighted by molar-refractivity contribution is 6.36. The molecule has 0 spiro atoms. The van der Waals surface area contributed by atoms with Crippen LogP contribution in [0.3, 0.4) is 0 Å². The number of hydrogen-bond donors (Lipinski definition) is 1. The normalized spacial score (nSPS) is 22.5. The number of carbonyl (C=O) groups is 1. The van der Waals surface area contributed by atoms with Gasteiger partial charge >= 0.3 is 6.01 Å². The van der Waals surface area contributed by atoms with Gasteiger partial charge in [0, 0.05) is 68.2 Å². The zero-order valence-corrected chi connectivity index (χ0v) is 24.4. The molecule has 0 aliphatic carbocycles. The number of anilines is 1. The second-order valence-corrected chi connectivity index (χ2v) is 12.1. The molecule has 3 aliphatic heterocycles. The third kappa shape index (κ3) is 4.88. The third-order valence-corrected chi connectivity index (χ3v) is 9.38. The Hall–Kier alpha value is -3.83. The number of amides is 1. The number of hydrogen-bond acceptors (Lipinski definition) is 8. The molecule has 2 aromatic heterocycles. The maximum atomic E-state index is 16.6. The first-order valence-electron chi connectivity index (χ1n) is 14.5. The number of halogens is 3. The van der Waals surface area contributed by atoms with E-state index < -0.39 is 17.5 Å². The van der Waals surface area contributed by atoms with E-state index in [4.69, 9.17) is 21.3 Å². The van der Waals surface area contributed by atoms with Crippen LogP contribution in [0.1, 0.15) is 26.2 Å². The van der Waals surface area contributed by atoms with Gasteiger partial charge in [-0.1, -0.05) is 23.7 Å². The van der Waals surface area contributed by atoms with Crippen LogP contribution < -0.4 is 9.64 Å². The molecular weight excluding hydrogens is 578 g/mol. The fraction of sp³-hybridized carbons (Fsp3) is 0.419. The molecule has 1 N–H and O–H groups in total. The summed E-state index contributed by atoms with van der Waals surface area (Å²) in [6.45, 7) is 4.91. The number of alkyl halides is 1. The number of ether oxygens (including phenoxy) is 1. The first-order chi connectivity index (χ1) is 20.7. The highest BCUT2D eigenvalue weighted by Gasteiger charge is 2.49. The molecule has 2 aromatic carbocycles. The van der Waals surface area contributed by atoms with Crippen LogP contribution in [0.25, 0.3) is 32.9 Å². The summed E-state index contributed by atoms with van der Waals surface area (Å²) < 4.78 is 37.2. The number of nitrogens with zero attached hydrogens (tertiary/aromatic N) is 6. The number of phenolic OH excluding ortho intramolecular Hbond substituents is 1. The topological polar surface area (TPSA) is 94.9 Å². The molecule has 3 aliphatic rings. The SMILES string of the molecule is CC(=O)N1CCN(c2nc(OC[C@@]34CCCN3C[C@H](F)C4)nc3c(F)c(-c4cc(O)cc5cccc(Cl)c45)ncc23)CC1. The van der Waals surface area contributed by atoms with Crippen molar-refractivity contribution in [2.45, 2.75) is 37.9 Å². The van der Waals surface area contributed by atoms with Crippen LogP contribution in [0, 0.1) is 5.82 Å². The molecular formula is C31H31ClF2N6O3. The van der Waals surface area contributed by atoms with E-state index in [0.29, 0.717) is 71.7 Å². The van der Waals surface area contributed by atoms with Crippen molar-refractivity contribution in [3.05, 3.63) is 47.4 Å². The number of fused-ring (bicyclic) bond motifs is 3. The minimum atomic E-state index is -0.912. The molecule has 43 heavy (non-hydrogen) atoms. The molecule has 3 saturated heterocycles. The zero-order valence-electron chi connectivity index (χ0n) is 23.7. The Morgan fingerprint density at radius 1 is 1.19 bits per heavy atom. The molecule has 3 fully saturated rings. The fourth-order valence-electron chi connectivity index (χ4n) is 6.95. The summed E-state index contributed by atoms with van der Waals surface area (Å²) in [5, 5.41) is 12.4. The lowest BCUT2D eigenvalue weighted by molar-refractivity contribution is -0.129. The Labute approximate surface area is 252 Å². The average molecular weight is 609 g/mol. The van der Waals surface area contributed by atoms with Crippen molar-refractivity contribution in [3.63, 3.8) is 0 Å². The van der Waals surface area contributed by atoms with Crippen LogP contribution in [-0.4, -0.2) is 93.4 Å². The number of piperazine rings is 1. The lowest BCUT2D eigenvalue weighted by atomic mass is 9.95. The van der Waals surface area contributed by atoms with Crippen molar-refractivity contribution >= 4 is 45.0 Å². The van der Waals surface area contributed by atoms with Gasteiger partial charge < -0.3 is 19.6 Å². The van der Waals surface area contributed by atoms with Gasteiger partial charge in [0.2, 0.25) is 5.91 Å². The molecule has 9 nitrogen and oxygen atoms in total. The number of pyridine rings is 1. The summed E-state index contributed by atoms with van der Waals surface area (Å²) in [6.07, 6.45) is 2.77. The second kappa shape index (κ2) is 10.7. The van der Waals surface area contributed by atoms with Crippen LogP contribution in [0.2, 0.25) is 5.02 Å². The van der Waals surface area contributed by atoms with Crippen molar-refractivity contribution < 1.29 is 23.4 Å². The average Bonchev–Trinajstić information content (AvgIpc) is 3.51. The van der Waals surface area contributed by atoms with E-state index in [0.717, 1.165) is 19.4 Å². The molecule has 5 heterocycles. The van der Waals surface area contributed by atoms with Crippen LogP contribution in [0.4, 0.5) is 14.6 Å². The Bertz CT molecular complexity index is 1750. The van der Waals surface area contributed by atoms with Crippen LogP contribution in [0.15, 0.2) is 36.5 Å². The van der Waals surface area contributed by atoms with E-state index >= 15 is 4.39 Å². The molecule has 0 unspecified atom stereocenters. The third-order valence-electron chi connectivity index (χ3n) is 9.06. The molecule has 224 valence electrons. The predicted molar refractivity (Wildman–Crippen MR) is 160 cm³/mol. The Morgan fingerprint density at radius 3 is 2.79 bits per heavy atom. The van der Waals surface area contributed by atoms with E-state index in [1.807, 2.05) is 4.90 Å². The quantitative estimate of drug-likeness (QED) is 0.340. The van der Waals surface area contributed by atoms with Gasteiger partial charge in [-0.15, -0.1) is 0 Å². The van der Waals surface area contributed by atoms with Crippen molar-refractivity contribution in [2.24, 2.45) is 0 Å². The van der Waals surface area contributed by atoms with E-state index in [1.54, 1.807) is 29.2 Å². The summed E-state index contributed by atoms with van der Waals surface area (Å²) in [5.41, 5.74) is -0.101. The van der Waals surface area contributed by atoms with Gasteiger partial charge in [0.05, 0.1) is 10.9 Å². The second-order valence-electron chi connectivity index (χ2n) is 11.7. The smallest absolute Gasteiger partial charge is 0.319 e. The number of rotatable bonds is 5. The monoisotopic (exact) mass is 608 g/mol. The van der Waals surface area contributed by atoms with E-state index in [1.165, 1.54) is 19.2 Å². The maximum absolute atomic E-state index is 16.6. The zero-order chi connectivity index (χ0) is 29.9. The Morgan fingerprint density at radius 2 is 2.00 bits per heavy atom. The summed E-state index contributed by atoms with van der Waals surface area (Å²) >= 11 is 6.54. The molecule has 7 rings (SSSR count). The number of aromatic hydroxyl groups is 1. The molecule has 12 heteroatoms. The van der Waals surface area contributed by atoms with Crippen molar-refractivity contribution in [1.82, 2.24) is 24.8 Å². The summed E-state index contributed by atoms with van der Waals surface area (Å²) in [5.74, 6) is -0.306. The first kappa shape index (κ1) is 28.0. The van der Waals surface area contributed by atoms with Gasteiger partial charge in [-0.05, 0) is 43.0 Å². The summed E-state index contributed by atoms with van der Waals surface area (Å²) in [4.78, 5) is 31.5. The predicted octanol–water partition coefficient (Wildman–Crippen LogP) is 4.97. The number of benzene rings is 2. The minimum Gasteiger partial charge on any atom is -0.508 e. The Kier molecular flexibility index (Phi) is 6.97. The van der Waals surface area contributed by atoms with Crippen LogP contribution in [0.5, 0.6) is 11.8 Å². The molecule has 1 amide bonds. The van der Waals surface area contributed by atoms with Gasteiger partial charge in [-0.2, -0.15) is 9.97 Å². The van der Waals surface area contributed by atoms with Crippen molar-refractivity contribution in [2.75, 3.05) is 50.8 Å². The van der Waals surface area contributed by atoms with Gasteiger partial charge in [0.25, 0.3) is 0 Å². The van der Waals surface area contributed by atoms with Crippen molar-refractivity contribution in [3.8, 4) is 23.0 Å². The lowest BCUT2D eigenvalue weighted by Gasteiger charge is -2.35. The maximum Gasteiger partial charge on any atom is 0.319 e. The number of carbonyl (C=O) groups excluding carboxylic acids is 1. The molecule has 0 saturated carbocycles. The van der Waals surface area contributed by atoms with Crippen molar-refractivity contribution in [1.29, 1.82) is 0 Å². The van der Waals surface area contributed by atoms with Gasteiger partial charge in [-0.25, -0.2) is 8.78 Å². The first-order valence-corrected chi connectivity index (χ1v) is 14.9. The molecule has 0 radical (unpaired) electrons. The van der Waals surface area contributed by atoms with Crippen LogP contribution >= 0.6 is 11.6 Å². The fourth-order valence-corrected chi connectivity index (χ4v) is 7.23. The molecule has 4 aromatic rings. The molecule has 2 atom stereocenters. The Balaban J connectivity index is 1.33. The van der Waals surface area contributed by atoms with Gasteiger partial charge in [-0.3, -0.25) is 14.7 Å². The highest BCUT2D eigenvalue weighted by Crippen LogP contribution is 2.42. The minimum absolute atomic E-state index is 0.00474. The summed E-state index contributed by atoms with van der Waals surface area (Å²) in [7, 11) is 0. The van der Waals surface area contributed by atoms with Gasteiger partial charge in [0.1, 0.15) is 35.6 Å². The van der Waals surface area contributed by atoms with E-state index in [-0.39, 0.29) is 35.5 Å². The number of aromatic nitrogens is 3. The summed E-state index contributed by atoms with van der Waals surface area (Å²) in [6, 6.07) is 8.24. The standard InChI is InChI=1S/C31H31ClF2N6O3/c1-18(41)38-8-10-39(11-9-38)29-23-15-35-27(22-13-21(42)12-19-4-2-5-24(32)25(19)22)26(34)28(23)36-30(37-29)43-17-31-6-3-7-40(31)16-20(33)14-31/h2,4-5,12-13,15,20,42H,3,6-11,14,16-17H2,1H3/t20-,31+/m1/s1. The van der Waals surface area contributed by atoms with Gasteiger partial charge in [0.15, 0.2) is 5.82 Å². The molecule has 0 bridgehead atoms.